The van der Waals surface area contributed by atoms with Gasteiger partial charge in [0, 0.05) is 31.5 Å². The van der Waals surface area contributed by atoms with Gasteiger partial charge in [0.05, 0.1) is 0 Å². The third-order valence-corrected chi connectivity index (χ3v) is 4.39. The van der Waals surface area contributed by atoms with Crippen molar-refractivity contribution < 1.29 is 9.59 Å². The fourth-order valence-electron chi connectivity index (χ4n) is 3.26. The Morgan fingerprint density at radius 3 is 2.53 bits per heavy atom. The molecule has 0 saturated carbocycles. The Kier molecular flexibility index (Phi) is 4.80. The average Bonchev–Trinajstić information content (AvgIpc) is 2.38. The second-order valence-electron chi connectivity index (χ2n) is 6.02. The molecule has 2 saturated heterocycles. The van der Waals surface area contributed by atoms with E-state index in [9.17, 15) is 9.59 Å². The summed E-state index contributed by atoms with van der Waals surface area (Å²) in [5.74, 6) is 0.639. The summed E-state index contributed by atoms with van der Waals surface area (Å²) in [5.41, 5.74) is 5.22. The van der Waals surface area contributed by atoms with Crippen LogP contribution in [-0.2, 0) is 9.59 Å². The molecule has 2 aliphatic rings. The first-order chi connectivity index (χ1) is 9.06. The molecule has 5 nitrogen and oxygen atoms in total. The molecule has 2 atom stereocenters. The number of piperidine rings is 2. The lowest BCUT2D eigenvalue weighted by atomic mass is 9.89. The van der Waals surface area contributed by atoms with Crippen molar-refractivity contribution >= 4 is 11.8 Å². The van der Waals surface area contributed by atoms with E-state index in [0.29, 0.717) is 24.3 Å². The Hall–Kier alpha value is -1.10. The van der Waals surface area contributed by atoms with Crippen LogP contribution in [0.3, 0.4) is 0 Å². The molecule has 0 aromatic rings. The average molecular weight is 267 g/mol. The van der Waals surface area contributed by atoms with E-state index in [1.54, 1.807) is 0 Å². The van der Waals surface area contributed by atoms with Gasteiger partial charge in [-0.15, -0.1) is 0 Å². The first kappa shape index (κ1) is 14.3. The summed E-state index contributed by atoms with van der Waals surface area (Å²) in [6.45, 7) is 4.65. The first-order valence-electron chi connectivity index (χ1n) is 7.36. The third-order valence-electron chi connectivity index (χ3n) is 4.39. The van der Waals surface area contributed by atoms with Gasteiger partial charge in [0.2, 0.25) is 11.8 Å². The zero-order chi connectivity index (χ0) is 13.8. The number of rotatable bonds is 3. The molecule has 0 aromatic heterocycles. The Bertz CT molecular complexity index is 338. The predicted octanol–water partition coefficient (Wildman–Crippen LogP) is 0.489. The molecular weight excluding hydrogens is 242 g/mol. The van der Waals surface area contributed by atoms with Gasteiger partial charge in [-0.05, 0) is 45.1 Å². The van der Waals surface area contributed by atoms with E-state index in [-0.39, 0.29) is 11.8 Å². The lowest BCUT2D eigenvalue weighted by molar-refractivity contribution is -0.138. The Morgan fingerprint density at radius 1 is 1.26 bits per heavy atom. The smallest absolute Gasteiger partial charge is 0.225 e. The highest BCUT2D eigenvalue weighted by molar-refractivity contribution is 5.79. The van der Waals surface area contributed by atoms with Crippen LogP contribution in [0.2, 0.25) is 0 Å². The van der Waals surface area contributed by atoms with Crippen LogP contribution in [0.15, 0.2) is 0 Å². The van der Waals surface area contributed by atoms with Crippen molar-refractivity contribution in [2.24, 2.45) is 17.6 Å². The van der Waals surface area contributed by atoms with Crippen LogP contribution in [0.5, 0.6) is 0 Å². The second kappa shape index (κ2) is 6.37. The molecular formula is C14H25N3O2. The summed E-state index contributed by atoms with van der Waals surface area (Å²) < 4.78 is 0. The number of carbonyl (C=O) groups excluding carboxylic acids is 2. The van der Waals surface area contributed by atoms with E-state index in [1.807, 2.05) is 4.90 Å². The Morgan fingerprint density at radius 2 is 1.95 bits per heavy atom. The summed E-state index contributed by atoms with van der Waals surface area (Å²) in [6, 6.07) is 0.440. The maximum atomic E-state index is 12.4. The van der Waals surface area contributed by atoms with E-state index in [4.69, 9.17) is 5.73 Å². The standard InChI is InChI=1S/C14H25N3O2/c1-10-8-12(2-5-16-10)14(19)17-6-3-11(4-7-17)9-13(15)18/h10-12,16H,2-9H2,1H3,(H2,15,18). The van der Waals surface area contributed by atoms with Crippen molar-refractivity contribution in [3.05, 3.63) is 0 Å². The van der Waals surface area contributed by atoms with Crippen LogP contribution in [-0.4, -0.2) is 42.4 Å². The number of likely N-dealkylation sites (tertiary alicyclic amines) is 1. The number of amides is 2. The predicted molar refractivity (Wildman–Crippen MR) is 73.3 cm³/mol. The largest absolute Gasteiger partial charge is 0.370 e. The van der Waals surface area contributed by atoms with Crippen LogP contribution < -0.4 is 11.1 Å². The first-order valence-corrected chi connectivity index (χ1v) is 7.36. The summed E-state index contributed by atoms with van der Waals surface area (Å²) >= 11 is 0. The highest BCUT2D eigenvalue weighted by Gasteiger charge is 2.31. The van der Waals surface area contributed by atoms with Crippen molar-refractivity contribution in [3.63, 3.8) is 0 Å². The second-order valence-corrected chi connectivity index (χ2v) is 6.02. The van der Waals surface area contributed by atoms with Gasteiger partial charge < -0.3 is 16.0 Å². The van der Waals surface area contributed by atoms with Gasteiger partial charge >= 0.3 is 0 Å². The molecule has 0 aromatic carbocycles. The van der Waals surface area contributed by atoms with Gasteiger partial charge in [-0.3, -0.25) is 9.59 Å². The van der Waals surface area contributed by atoms with Crippen LogP contribution in [0, 0.1) is 11.8 Å². The summed E-state index contributed by atoms with van der Waals surface area (Å²) in [7, 11) is 0. The number of hydrogen-bond acceptors (Lipinski definition) is 3. The topological polar surface area (TPSA) is 75.4 Å². The number of nitrogens with two attached hydrogens (primary N) is 1. The lowest BCUT2D eigenvalue weighted by Crippen LogP contribution is -2.46. The van der Waals surface area contributed by atoms with Crippen LogP contribution in [0.4, 0.5) is 0 Å². The number of hydrogen-bond donors (Lipinski definition) is 2. The fraction of sp³-hybridized carbons (Fsp3) is 0.857. The maximum Gasteiger partial charge on any atom is 0.225 e. The van der Waals surface area contributed by atoms with Crippen molar-refractivity contribution in [1.82, 2.24) is 10.2 Å². The molecule has 108 valence electrons. The number of primary amides is 1. The minimum absolute atomic E-state index is 0.184. The summed E-state index contributed by atoms with van der Waals surface area (Å²) in [5, 5.41) is 3.38. The highest BCUT2D eigenvalue weighted by atomic mass is 16.2. The molecule has 5 heteroatoms. The van der Waals surface area contributed by atoms with E-state index in [2.05, 4.69) is 12.2 Å². The molecule has 2 fully saturated rings. The van der Waals surface area contributed by atoms with Crippen molar-refractivity contribution in [2.75, 3.05) is 19.6 Å². The molecule has 2 amide bonds. The van der Waals surface area contributed by atoms with Gasteiger partial charge in [0.15, 0.2) is 0 Å². The molecule has 0 radical (unpaired) electrons. The van der Waals surface area contributed by atoms with E-state index >= 15 is 0 Å². The van der Waals surface area contributed by atoms with Crippen molar-refractivity contribution in [3.8, 4) is 0 Å². The Labute approximate surface area is 114 Å². The van der Waals surface area contributed by atoms with E-state index in [1.165, 1.54) is 0 Å². The molecule has 2 rings (SSSR count). The zero-order valence-corrected chi connectivity index (χ0v) is 11.7. The third kappa shape index (κ3) is 3.93. The van der Waals surface area contributed by atoms with Crippen molar-refractivity contribution in [2.45, 2.75) is 45.1 Å². The van der Waals surface area contributed by atoms with Crippen molar-refractivity contribution in [1.29, 1.82) is 0 Å². The molecule has 19 heavy (non-hydrogen) atoms. The van der Waals surface area contributed by atoms with Crippen LogP contribution in [0.25, 0.3) is 0 Å². The molecule has 2 aliphatic heterocycles. The SMILES string of the molecule is CC1CC(C(=O)N2CCC(CC(N)=O)CC2)CCN1. The number of nitrogens with zero attached hydrogens (tertiary/aromatic N) is 1. The Balaban J connectivity index is 1.80. The molecule has 3 N–H and O–H groups in total. The molecule has 0 aliphatic carbocycles. The minimum atomic E-state index is -0.225. The molecule has 0 spiro atoms. The van der Waals surface area contributed by atoms with Gasteiger partial charge in [0.1, 0.15) is 0 Å². The van der Waals surface area contributed by atoms with E-state index < -0.39 is 0 Å². The highest BCUT2D eigenvalue weighted by Crippen LogP contribution is 2.24. The normalized spacial score (nSPS) is 29.2. The van der Waals surface area contributed by atoms with Gasteiger partial charge in [0.25, 0.3) is 0 Å². The van der Waals surface area contributed by atoms with Crippen LogP contribution >= 0.6 is 0 Å². The van der Waals surface area contributed by atoms with Gasteiger partial charge in [-0.2, -0.15) is 0 Å². The van der Waals surface area contributed by atoms with Crippen LogP contribution in [0.1, 0.15) is 39.0 Å². The number of carbonyl (C=O) groups is 2. The maximum absolute atomic E-state index is 12.4. The van der Waals surface area contributed by atoms with Gasteiger partial charge in [-0.1, -0.05) is 0 Å². The minimum Gasteiger partial charge on any atom is -0.370 e. The lowest BCUT2D eigenvalue weighted by Gasteiger charge is -2.36. The van der Waals surface area contributed by atoms with Gasteiger partial charge in [-0.25, -0.2) is 0 Å². The van der Waals surface area contributed by atoms with E-state index in [0.717, 1.165) is 45.3 Å². The molecule has 0 bridgehead atoms. The number of nitrogens with one attached hydrogen (secondary N) is 1. The fourth-order valence-corrected chi connectivity index (χ4v) is 3.26. The monoisotopic (exact) mass is 267 g/mol. The zero-order valence-electron chi connectivity index (χ0n) is 11.7. The molecule has 2 unspecified atom stereocenters. The molecule has 2 heterocycles. The summed E-state index contributed by atoms with van der Waals surface area (Å²) in [6.07, 6.45) is 4.18. The summed E-state index contributed by atoms with van der Waals surface area (Å²) in [4.78, 5) is 25.3. The quantitative estimate of drug-likeness (QED) is 0.781.